The highest BCUT2D eigenvalue weighted by molar-refractivity contribution is 5.33. The van der Waals surface area contributed by atoms with E-state index in [4.69, 9.17) is 0 Å². The van der Waals surface area contributed by atoms with Crippen LogP contribution >= 0.6 is 0 Å². The maximum atomic E-state index is 4.39. The first-order chi connectivity index (χ1) is 29.8. The third-order valence-corrected chi connectivity index (χ3v) is 11.2. The summed E-state index contributed by atoms with van der Waals surface area (Å²) in [6.45, 7) is 47.5. The van der Waals surface area contributed by atoms with Crippen LogP contribution in [0, 0.1) is 69.2 Å². The van der Waals surface area contributed by atoms with Gasteiger partial charge >= 0.3 is 0 Å². The van der Waals surface area contributed by atoms with Crippen LogP contribution in [0.5, 0.6) is 0 Å². The lowest BCUT2D eigenvalue weighted by Crippen LogP contribution is -1.95. The molecule has 372 valence electrons. The summed E-state index contributed by atoms with van der Waals surface area (Å²) in [6, 6.07) is 26.0. The Morgan fingerprint density at radius 1 is 0.328 bits per heavy atom. The number of aromatic nitrogens is 4. The van der Waals surface area contributed by atoms with Crippen molar-refractivity contribution in [2.75, 3.05) is 0 Å². The second kappa shape index (κ2) is 33.5. The van der Waals surface area contributed by atoms with E-state index < -0.39 is 0 Å². The van der Waals surface area contributed by atoms with Crippen LogP contribution in [-0.2, 0) is 0 Å². The standard InChI is InChI=1S/2C11H16.2C10H15N.2C9H13N.3CH4/c1-8(2)11-6-5-9(3)7-10(11)4;1-8(2)11-7-9(3)5-6-10(11)4;1-7(2)10-5-8(3)6-11-9(10)4;1-7(2)10-6-5-8(3)11-9(10)4;1-7(2)9-4-5-10-8(3)6-9;1-7(2)9-6-10-5-4-8(9)3;;;/h2*5-8H,1-4H3;2*5-7H,1-4H3;2*4-7H,1-3H3;3*1H4. The summed E-state index contributed by atoms with van der Waals surface area (Å²) in [5, 5.41) is 0. The molecule has 0 N–H and O–H groups in total. The highest BCUT2D eigenvalue weighted by Crippen LogP contribution is 2.22. The predicted molar refractivity (Wildman–Crippen MR) is 302 cm³/mol. The molecule has 6 aromatic rings. The molecule has 0 radical (unpaired) electrons. The average Bonchev–Trinajstić information content (AvgIpc) is 3.20. The molecule has 0 atom stereocenters. The fraction of sp³-hybridized carbons (Fsp3) is 0.492. The van der Waals surface area contributed by atoms with Crippen LogP contribution in [-0.4, -0.2) is 19.9 Å². The maximum absolute atomic E-state index is 4.39. The number of hydrogen-bond acceptors (Lipinski definition) is 4. The Morgan fingerprint density at radius 3 is 1.24 bits per heavy atom. The molecule has 0 saturated heterocycles. The van der Waals surface area contributed by atoms with Gasteiger partial charge in [0.25, 0.3) is 0 Å². The van der Waals surface area contributed by atoms with Gasteiger partial charge in [0.15, 0.2) is 0 Å². The van der Waals surface area contributed by atoms with E-state index >= 15 is 0 Å². The summed E-state index contributed by atoms with van der Waals surface area (Å²) >= 11 is 0. The molecule has 4 heterocycles. The van der Waals surface area contributed by atoms with Gasteiger partial charge in [0.2, 0.25) is 0 Å². The Bertz CT molecular complexity index is 2150. The SMILES string of the molecule is C.C.C.Cc1cc(C(C)C)ccn1.Cc1ccc(C(C)C)c(C)c1.Cc1ccc(C(C)C)c(C)n1.Cc1ccc(C)c(C(C)C)c1.Cc1ccncc1C(C)C.Cc1cnc(C)c(C(C)C)c1. The van der Waals surface area contributed by atoms with Gasteiger partial charge in [-0.05, 0) is 185 Å². The Morgan fingerprint density at radius 2 is 0.821 bits per heavy atom. The van der Waals surface area contributed by atoms with Gasteiger partial charge in [-0.3, -0.25) is 19.9 Å². The van der Waals surface area contributed by atoms with Gasteiger partial charge in [0, 0.05) is 47.6 Å². The van der Waals surface area contributed by atoms with Crippen LogP contribution in [0.25, 0.3) is 0 Å². The van der Waals surface area contributed by atoms with Crippen LogP contribution in [0.1, 0.15) is 230 Å². The molecule has 67 heavy (non-hydrogen) atoms. The molecule has 4 nitrogen and oxygen atoms in total. The topological polar surface area (TPSA) is 51.6 Å². The molecular weight excluding hydrogens is 813 g/mol. The van der Waals surface area contributed by atoms with Crippen LogP contribution in [0.3, 0.4) is 0 Å². The monoisotopic (exact) mass is 913 g/mol. The minimum atomic E-state index is 0. The lowest BCUT2D eigenvalue weighted by atomic mass is 9.96. The second-order valence-electron chi connectivity index (χ2n) is 19.4. The summed E-state index contributed by atoms with van der Waals surface area (Å²) in [7, 11) is 0. The molecule has 0 saturated carbocycles. The molecule has 4 heteroatoms. The summed E-state index contributed by atoms with van der Waals surface area (Å²) < 4.78 is 0. The van der Waals surface area contributed by atoms with Crippen molar-refractivity contribution in [3.05, 3.63) is 187 Å². The number of nitrogens with zero attached hydrogens (tertiary/aromatic N) is 4. The van der Waals surface area contributed by atoms with Crippen molar-refractivity contribution in [2.45, 2.75) is 210 Å². The molecular formula is C63H100N4. The van der Waals surface area contributed by atoms with Crippen LogP contribution < -0.4 is 0 Å². The number of aryl methyl sites for hydroxylation is 10. The summed E-state index contributed by atoms with van der Waals surface area (Å²) in [6.07, 6.45) is 7.56. The molecule has 6 rings (SSSR count). The van der Waals surface area contributed by atoms with Gasteiger partial charge in [0.1, 0.15) is 0 Å². The van der Waals surface area contributed by atoms with Crippen molar-refractivity contribution in [3.63, 3.8) is 0 Å². The van der Waals surface area contributed by atoms with Crippen molar-refractivity contribution in [1.82, 2.24) is 19.9 Å². The van der Waals surface area contributed by atoms with Gasteiger partial charge in [-0.25, -0.2) is 0 Å². The Balaban J connectivity index is -0.000000727. The lowest BCUT2D eigenvalue weighted by Gasteiger charge is -2.09. The molecule has 0 unspecified atom stereocenters. The van der Waals surface area contributed by atoms with E-state index in [1.54, 1.807) is 0 Å². The lowest BCUT2D eigenvalue weighted by molar-refractivity contribution is 0.839. The van der Waals surface area contributed by atoms with Crippen LogP contribution in [0.2, 0.25) is 0 Å². The Labute approximate surface area is 415 Å². The van der Waals surface area contributed by atoms with E-state index in [9.17, 15) is 0 Å². The normalized spacial score (nSPS) is 10.1. The predicted octanol–water partition coefficient (Wildman–Crippen LogP) is 19.4. The molecule has 0 aliphatic carbocycles. The molecule has 0 amide bonds. The van der Waals surface area contributed by atoms with Gasteiger partial charge in [-0.2, -0.15) is 0 Å². The van der Waals surface area contributed by atoms with Gasteiger partial charge < -0.3 is 0 Å². The minimum Gasteiger partial charge on any atom is -0.264 e. The first kappa shape index (κ1) is 66.3. The molecule has 0 aliphatic rings. The second-order valence-corrected chi connectivity index (χ2v) is 19.4. The number of benzene rings is 2. The molecule has 0 bridgehead atoms. The van der Waals surface area contributed by atoms with E-state index in [0.717, 1.165) is 17.1 Å². The van der Waals surface area contributed by atoms with Crippen molar-refractivity contribution >= 4 is 0 Å². The zero-order valence-electron chi connectivity index (χ0n) is 44.5. The summed E-state index contributed by atoms with van der Waals surface area (Å²) in [5.74, 6) is 3.67. The van der Waals surface area contributed by atoms with Crippen molar-refractivity contribution < 1.29 is 0 Å². The Hall–Kier alpha value is -4.96. The highest BCUT2D eigenvalue weighted by atomic mass is 14.7. The largest absolute Gasteiger partial charge is 0.264 e. The zero-order valence-corrected chi connectivity index (χ0v) is 44.5. The van der Waals surface area contributed by atoms with Crippen molar-refractivity contribution in [3.8, 4) is 0 Å². The van der Waals surface area contributed by atoms with E-state index in [0.29, 0.717) is 35.5 Å². The smallest absolute Gasteiger partial charge is 0.0410 e. The number of rotatable bonds is 6. The first-order valence-electron chi connectivity index (χ1n) is 23.7. The van der Waals surface area contributed by atoms with E-state index in [-0.39, 0.29) is 22.3 Å². The van der Waals surface area contributed by atoms with E-state index in [1.165, 1.54) is 72.5 Å². The average molecular weight is 914 g/mol. The van der Waals surface area contributed by atoms with Gasteiger partial charge in [0.05, 0.1) is 0 Å². The van der Waals surface area contributed by atoms with Crippen molar-refractivity contribution in [2.24, 2.45) is 0 Å². The molecule has 4 aromatic heterocycles. The number of hydrogen-bond donors (Lipinski definition) is 0. The van der Waals surface area contributed by atoms with Crippen molar-refractivity contribution in [1.29, 1.82) is 0 Å². The summed E-state index contributed by atoms with van der Waals surface area (Å²) in [4.78, 5) is 16.9. The fourth-order valence-electron chi connectivity index (χ4n) is 7.41. The molecule has 0 fully saturated rings. The van der Waals surface area contributed by atoms with E-state index in [1.807, 2.05) is 38.6 Å². The van der Waals surface area contributed by atoms with Gasteiger partial charge in [-0.1, -0.05) is 165 Å². The molecule has 0 aliphatic heterocycles. The zero-order chi connectivity index (χ0) is 48.8. The van der Waals surface area contributed by atoms with E-state index in [2.05, 4.69) is 231 Å². The Kier molecular flexibility index (Phi) is 33.2. The van der Waals surface area contributed by atoms with Crippen LogP contribution in [0.4, 0.5) is 0 Å². The van der Waals surface area contributed by atoms with Gasteiger partial charge in [-0.15, -0.1) is 0 Å². The molecule has 2 aromatic carbocycles. The van der Waals surface area contributed by atoms with Crippen LogP contribution in [0.15, 0.2) is 97.6 Å². The third kappa shape index (κ3) is 25.1. The number of pyridine rings is 4. The molecule has 0 spiro atoms. The quantitative estimate of drug-likeness (QED) is 0.167. The fourth-order valence-corrected chi connectivity index (χ4v) is 7.41. The highest BCUT2D eigenvalue weighted by Gasteiger charge is 2.06. The minimum absolute atomic E-state index is 0. The third-order valence-electron chi connectivity index (χ3n) is 11.2. The first-order valence-corrected chi connectivity index (χ1v) is 23.7. The summed E-state index contributed by atoms with van der Waals surface area (Å²) in [5.41, 5.74) is 21.0. The maximum Gasteiger partial charge on any atom is 0.0410 e.